The lowest BCUT2D eigenvalue weighted by Crippen LogP contribution is -2.43. The summed E-state index contributed by atoms with van der Waals surface area (Å²) in [5.74, 6) is 1.53. The van der Waals surface area contributed by atoms with Crippen LogP contribution in [0.15, 0.2) is 0 Å². The van der Waals surface area contributed by atoms with Gasteiger partial charge in [0, 0.05) is 31.5 Å². The number of piperidine rings is 1. The van der Waals surface area contributed by atoms with Crippen molar-refractivity contribution in [2.24, 2.45) is 17.8 Å². The summed E-state index contributed by atoms with van der Waals surface area (Å²) in [4.78, 5) is 25.9. The quantitative estimate of drug-likeness (QED) is 0.825. The minimum atomic E-state index is 0.107. The van der Waals surface area contributed by atoms with Crippen LogP contribution >= 0.6 is 0 Å². The molecule has 19 heavy (non-hydrogen) atoms. The third-order valence-corrected chi connectivity index (χ3v) is 4.12. The van der Waals surface area contributed by atoms with Gasteiger partial charge in [0.2, 0.25) is 11.8 Å². The number of carbonyl (C=O) groups is 2. The van der Waals surface area contributed by atoms with Crippen molar-refractivity contribution in [1.29, 1.82) is 0 Å². The van der Waals surface area contributed by atoms with Gasteiger partial charge in [-0.15, -0.1) is 0 Å². The van der Waals surface area contributed by atoms with Crippen molar-refractivity contribution in [3.8, 4) is 0 Å². The summed E-state index contributed by atoms with van der Waals surface area (Å²) in [6, 6.07) is 0. The first-order chi connectivity index (χ1) is 9.08. The van der Waals surface area contributed by atoms with Crippen molar-refractivity contribution in [2.45, 2.75) is 46.0 Å². The summed E-state index contributed by atoms with van der Waals surface area (Å²) in [6.07, 6.45) is 4.81. The molecule has 0 aromatic carbocycles. The molecule has 1 aliphatic carbocycles. The molecule has 0 unspecified atom stereocenters. The highest BCUT2D eigenvalue weighted by Gasteiger charge is 2.35. The lowest BCUT2D eigenvalue weighted by atomic mass is 9.95. The molecule has 4 heteroatoms. The fraction of sp³-hybridized carbons (Fsp3) is 0.867. The van der Waals surface area contributed by atoms with Crippen LogP contribution in [0.1, 0.15) is 46.0 Å². The minimum absolute atomic E-state index is 0.107. The van der Waals surface area contributed by atoms with Gasteiger partial charge in [-0.1, -0.05) is 13.8 Å². The van der Waals surface area contributed by atoms with Crippen LogP contribution in [-0.2, 0) is 9.59 Å². The van der Waals surface area contributed by atoms with Crippen LogP contribution in [0.3, 0.4) is 0 Å². The van der Waals surface area contributed by atoms with E-state index in [-0.39, 0.29) is 11.8 Å². The number of nitrogens with one attached hydrogen (secondary N) is 1. The number of hydrogen-bond donors (Lipinski definition) is 1. The molecule has 0 aromatic rings. The van der Waals surface area contributed by atoms with E-state index in [9.17, 15) is 9.59 Å². The molecule has 2 rings (SSSR count). The van der Waals surface area contributed by atoms with Crippen molar-refractivity contribution in [3.05, 3.63) is 0 Å². The van der Waals surface area contributed by atoms with E-state index in [0.29, 0.717) is 17.7 Å². The van der Waals surface area contributed by atoms with Crippen molar-refractivity contribution in [3.63, 3.8) is 0 Å². The summed E-state index contributed by atoms with van der Waals surface area (Å²) < 4.78 is 0. The fourth-order valence-corrected chi connectivity index (χ4v) is 2.58. The predicted molar refractivity (Wildman–Crippen MR) is 74.5 cm³/mol. The van der Waals surface area contributed by atoms with Gasteiger partial charge in [0.15, 0.2) is 0 Å². The zero-order chi connectivity index (χ0) is 13.8. The van der Waals surface area contributed by atoms with Gasteiger partial charge in [0.1, 0.15) is 0 Å². The topological polar surface area (TPSA) is 49.4 Å². The first kappa shape index (κ1) is 14.4. The lowest BCUT2D eigenvalue weighted by Gasteiger charge is -2.31. The van der Waals surface area contributed by atoms with E-state index in [4.69, 9.17) is 0 Å². The van der Waals surface area contributed by atoms with Gasteiger partial charge in [-0.05, 0) is 38.0 Å². The van der Waals surface area contributed by atoms with Crippen LogP contribution in [-0.4, -0.2) is 36.3 Å². The van der Waals surface area contributed by atoms with E-state index in [0.717, 1.165) is 51.7 Å². The smallest absolute Gasteiger partial charge is 0.225 e. The zero-order valence-corrected chi connectivity index (χ0v) is 12.2. The molecular weight excluding hydrogens is 240 g/mol. The zero-order valence-electron chi connectivity index (χ0n) is 12.2. The van der Waals surface area contributed by atoms with E-state index in [1.165, 1.54) is 0 Å². The highest BCUT2D eigenvalue weighted by Crippen LogP contribution is 2.32. The Morgan fingerprint density at radius 1 is 1.11 bits per heavy atom. The van der Waals surface area contributed by atoms with Crippen LogP contribution in [0.5, 0.6) is 0 Å². The van der Waals surface area contributed by atoms with Gasteiger partial charge < -0.3 is 10.2 Å². The lowest BCUT2D eigenvalue weighted by molar-refractivity contribution is -0.136. The Hall–Kier alpha value is -1.06. The Bertz CT molecular complexity index is 329. The van der Waals surface area contributed by atoms with E-state index >= 15 is 0 Å². The SMILES string of the molecule is CC(C)CCNC(=O)C1CCN(C(=O)C2CC2)CC1. The van der Waals surface area contributed by atoms with Crippen molar-refractivity contribution < 1.29 is 9.59 Å². The van der Waals surface area contributed by atoms with Crippen LogP contribution in [0.25, 0.3) is 0 Å². The molecule has 2 aliphatic rings. The maximum Gasteiger partial charge on any atom is 0.225 e. The van der Waals surface area contributed by atoms with Gasteiger partial charge >= 0.3 is 0 Å². The van der Waals surface area contributed by atoms with Crippen LogP contribution in [0, 0.1) is 17.8 Å². The molecule has 1 saturated carbocycles. The third kappa shape index (κ3) is 4.22. The molecule has 0 radical (unpaired) electrons. The van der Waals surface area contributed by atoms with E-state index in [1.54, 1.807) is 0 Å². The van der Waals surface area contributed by atoms with Crippen molar-refractivity contribution in [1.82, 2.24) is 10.2 Å². The first-order valence-electron chi connectivity index (χ1n) is 7.64. The third-order valence-electron chi connectivity index (χ3n) is 4.12. The Morgan fingerprint density at radius 3 is 2.26 bits per heavy atom. The molecular formula is C15H26N2O2. The van der Waals surface area contributed by atoms with Crippen LogP contribution in [0.2, 0.25) is 0 Å². The van der Waals surface area contributed by atoms with Crippen molar-refractivity contribution in [2.75, 3.05) is 19.6 Å². The van der Waals surface area contributed by atoms with Gasteiger partial charge in [0.05, 0.1) is 0 Å². The molecule has 1 aliphatic heterocycles. The molecule has 2 fully saturated rings. The summed E-state index contributed by atoms with van der Waals surface area (Å²) in [5, 5.41) is 3.02. The first-order valence-corrected chi connectivity index (χ1v) is 7.64. The Balaban J connectivity index is 1.67. The predicted octanol–water partition coefficient (Wildman–Crippen LogP) is 1.80. The van der Waals surface area contributed by atoms with Crippen LogP contribution < -0.4 is 5.32 Å². The van der Waals surface area contributed by atoms with Gasteiger partial charge in [-0.2, -0.15) is 0 Å². The number of nitrogens with zero attached hydrogens (tertiary/aromatic N) is 1. The molecule has 0 atom stereocenters. The standard InChI is InChI=1S/C15H26N2O2/c1-11(2)5-8-16-14(18)12-6-9-17(10-7-12)15(19)13-3-4-13/h11-13H,3-10H2,1-2H3,(H,16,18). The van der Waals surface area contributed by atoms with E-state index < -0.39 is 0 Å². The largest absolute Gasteiger partial charge is 0.356 e. The monoisotopic (exact) mass is 266 g/mol. The molecule has 0 aromatic heterocycles. The Morgan fingerprint density at radius 2 is 1.74 bits per heavy atom. The van der Waals surface area contributed by atoms with E-state index in [1.807, 2.05) is 4.90 Å². The number of likely N-dealkylation sites (tertiary alicyclic amines) is 1. The minimum Gasteiger partial charge on any atom is -0.356 e. The summed E-state index contributed by atoms with van der Waals surface area (Å²) >= 11 is 0. The normalized spacial score (nSPS) is 20.7. The fourth-order valence-electron chi connectivity index (χ4n) is 2.58. The van der Waals surface area contributed by atoms with Gasteiger partial charge in [0.25, 0.3) is 0 Å². The van der Waals surface area contributed by atoms with Crippen molar-refractivity contribution >= 4 is 11.8 Å². The number of rotatable bonds is 5. The molecule has 108 valence electrons. The average molecular weight is 266 g/mol. The second-order valence-corrected chi connectivity index (χ2v) is 6.35. The molecule has 0 spiro atoms. The second-order valence-electron chi connectivity index (χ2n) is 6.35. The van der Waals surface area contributed by atoms with Gasteiger partial charge in [-0.3, -0.25) is 9.59 Å². The maximum atomic E-state index is 12.0. The Kier molecular flexibility index (Phi) is 4.83. The number of hydrogen-bond acceptors (Lipinski definition) is 2. The second kappa shape index (κ2) is 6.40. The molecule has 1 N–H and O–H groups in total. The summed E-state index contributed by atoms with van der Waals surface area (Å²) in [5.41, 5.74) is 0. The summed E-state index contributed by atoms with van der Waals surface area (Å²) in [7, 11) is 0. The van der Waals surface area contributed by atoms with E-state index in [2.05, 4.69) is 19.2 Å². The average Bonchev–Trinajstić information content (AvgIpc) is 3.22. The molecule has 1 heterocycles. The maximum absolute atomic E-state index is 12.0. The molecule has 1 saturated heterocycles. The molecule has 2 amide bonds. The molecule has 0 bridgehead atoms. The van der Waals surface area contributed by atoms with Crippen LogP contribution in [0.4, 0.5) is 0 Å². The molecule has 4 nitrogen and oxygen atoms in total. The highest BCUT2D eigenvalue weighted by molar-refractivity contribution is 5.82. The summed E-state index contributed by atoms with van der Waals surface area (Å²) in [6.45, 7) is 6.62. The highest BCUT2D eigenvalue weighted by atomic mass is 16.2. The van der Waals surface area contributed by atoms with Gasteiger partial charge in [-0.25, -0.2) is 0 Å². The Labute approximate surface area is 115 Å². The number of carbonyl (C=O) groups excluding carboxylic acids is 2. The number of amides is 2.